The second-order valence-electron chi connectivity index (χ2n) is 9.64. The molecule has 2 amide bonds. The molecule has 8 nitrogen and oxygen atoms in total. The largest absolute Gasteiger partial charge is 0.378 e. The maximum absolute atomic E-state index is 12.7. The first-order chi connectivity index (χ1) is 14.6. The van der Waals surface area contributed by atoms with Gasteiger partial charge in [0.15, 0.2) is 5.69 Å². The van der Waals surface area contributed by atoms with Crippen molar-refractivity contribution < 1.29 is 14.3 Å². The fourth-order valence-electron chi connectivity index (χ4n) is 5.93. The third-order valence-corrected chi connectivity index (χ3v) is 8.02. The first kappa shape index (κ1) is 20.0. The first-order valence-electron chi connectivity index (χ1n) is 11.7. The van der Waals surface area contributed by atoms with Gasteiger partial charge >= 0.3 is 0 Å². The van der Waals surface area contributed by atoms with Crippen LogP contribution in [0.2, 0.25) is 0 Å². The predicted octanol–water partition coefficient (Wildman–Crippen LogP) is 2.27. The smallest absolute Gasteiger partial charge is 0.276 e. The van der Waals surface area contributed by atoms with Crippen molar-refractivity contribution >= 4 is 11.8 Å². The maximum atomic E-state index is 12.7. The molecule has 164 valence electrons. The summed E-state index contributed by atoms with van der Waals surface area (Å²) in [5, 5.41) is 8.52. The second-order valence-corrected chi connectivity index (χ2v) is 9.64. The highest BCUT2D eigenvalue weighted by Crippen LogP contribution is 2.56. The fraction of sp³-hybridized carbons (Fsp3) is 0.818. The lowest BCUT2D eigenvalue weighted by Gasteiger charge is -2.53. The molecule has 0 N–H and O–H groups in total. The molecule has 1 aromatic rings. The number of likely N-dealkylation sites (tertiary alicyclic amines) is 1. The molecule has 3 heterocycles. The zero-order valence-electron chi connectivity index (χ0n) is 17.8. The van der Waals surface area contributed by atoms with Crippen molar-refractivity contribution in [2.24, 2.45) is 11.3 Å². The summed E-state index contributed by atoms with van der Waals surface area (Å²) in [6, 6.07) is 0.295. The van der Waals surface area contributed by atoms with Gasteiger partial charge < -0.3 is 14.5 Å². The molecule has 2 aliphatic heterocycles. The summed E-state index contributed by atoms with van der Waals surface area (Å²) in [6.07, 6.45) is 11.9. The number of carbonyl (C=O) groups is 2. The predicted molar refractivity (Wildman–Crippen MR) is 110 cm³/mol. The molecule has 1 spiro atoms. The quantitative estimate of drug-likeness (QED) is 0.754. The van der Waals surface area contributed by atoms with Gasteiger partial charge in [-0.15, -0.1) is 5.10 Å². The van der Waals surface area contributed by atoms with E-state index in [1.807, 2.05) is 10.9 Å². The Morgan fingerprint density at radius 3 is 2.40 bits per heavy atom. The van der Waals surface area contributed by atoms with Gasteiger partial charge in [0, 0.05) is 32.6 Å². The Kier molecular flexibility index (Phi) is 5.52. The standard InChI is InChI=1S/C22H33N5O3/c28-20(15-17-3-1-2-4-17)25-9-7-22(8-10-25)6-5-19(22)27-16-18(23-24-27)21(29)26-11-13-30-14-12-26/h16-17,19H,1-15H2. The molecule has 0 radical (unpaired) electrons. The third-order valence-electron chi connectivity index (χ3n) is 8.02. The summed E-state index contributed by atoms with van der Waals surface area (Å²) in [4.78, 5) is 29.3. The number of piperidine rings is 1. The van der Waals surface area contributed by atoms with Crippen LogP contribution in [0.25, 0.3) is 0 Å². The zero-order valence-corrected chi connectivity index (χ0v) is 17.8. The molecule has 4 aliphatic rings. The number of hydrogen-bond donors (Lipinski definition) is 0. The molecular weight excluding hydrogens is 382 g/mol. The fourth-order valence-corrected chi connectivity index (χ4v) is 5.93. The molecular formula is C22H33N5O3. The zero-order chi connectivity index (χ0) is 20.6. The Bertz CT molecular complexity index is 773. The monoisotopic (exact) mass is 415 g/mol. The van der Waals surface area contributed by atoms with Gasteiger partial charge in [0.1, 0.15) is 0 Å². The highest BCUT2D eigenvalue weighted by atomic mass is 16.5. The Labute approximate surface area is 177 Å². The van der Waals surface area contributed by atoms with Crippen molar-refractivity contribution in [1.29, 1.82) is 0 Å². The van der Waals surface area contributed by atoms with E-state index in [0.29, 0.717) is 49.9 Å². The normalized spacial score (nSPS) is 26.7. The first-order valence-corrected chi connectivity index (χ1v) is 11.7. The molecule has 2 aliphatic carbocycles. The van der Waals surface area contributed by atoms with E-state index >= 15 is 0 Å². The summed E-state index contributed by atoms with van der Waals surface area (Å²) >= 11 is 0. The number of hydrogen-bond acceptors (Lipinski definition) is 5. The van der Waals surface area contributed by atoms with Crippen LogP contribution in [-0.4, -0.2) is 76.0 Å². The highest BCUT2D eigenvalue weighted by Gasteiger charge is 2.50. The van der Waals surface area contributed by atoms with E-state index in [4.69, 9.17) is 4.74 Å². The van der Waals surface area contributed by atoms with E-state index in [1.54, 1.807) is 4.90 Å². The van der Waals surface area contributed by atoms with Crippen molar-refractivity contribution in [2.75, 3.05) is 39.4 Å². The lowest BCUT2D eigenvalue weighted by Crippen LogP contribution is -2.51. The number of nitrogens with zero attached hydrogens (tertiary/aromatic N) is 5. The van der Waals surface area contributed by atoms with Crippen LogP contribution in [0.1, 0.15) is 74.3 Å². The molecule has 1 unspecified atom stereocenters. The molecule has 30 heavy (non-hydrogen) atoms. The number of rotatable bonds is 4. The third kappa shape index (κ3) is 3.74. The van der Waals surface area contributed by atoms with Crippen LogP contribution < -0.4 is 0 Å². The number of aromatic nitrogens is 3. The van der Waals surface area contributed by atoms with E-state index in [-0.39, 0.29) is 11.3 Å². The van der Waals surface area contributed by atoms with Crippen molar-refractivity contribution in [3.63, 3.8) is 0 Å². The van der Waals surface area contributed by atoms with E-state index in [0.717, 1.165) is 38.8 Å². The number of ether oxygens (including phenoxy) is 1. The van der Waals surface area contributed by atoms with Gasteiger partial charge in [-0.05, 0) is 49.9 Å². The average Bonchev–Trinajstić information content (AvgIpc) is 3.46. The van der Waals surface area contributed by atoms with E-state index in [1.165, 1.54) is 32.1 Å². The van der Waals surface area contributed by atoms with Crippen LogP contribution in [0.5, 0.6) is 0 Å². The highest BCUT2D eigenvalue weighted by molar-refractivity contribution is 5.92. The lowest BCUT2D eigenvalue weighted by atomic mass is 9.59. The van der Waals surface area contributed by atoms with Crippen molar-refractivity contribution in [3.05, 3.63) is 11.9 Å². The summed E-state index contributed by atoms with van der Waals surface area (Å²) in [7, 11) is 0. The number of amides is 2. The van der Waals surface area contributed by atoms with Gasteiger partial charge in [-0.3, -0.25) is 9.59 Å². The molecule has 2 saturated heterocycles. The van der Waals surface area contributed by atoms with Crippen LogP contribution in [0.4, 0.5) is 0 Å². The van der Waals surface area contributed by atoms with Gasteiger partial charge in [-0.2, -0.15) is 0 Å². The second kappa shape index (κ2) is 8.29. The Hall–Kier alpha value is -1.96. The van der Waals surface area contributed by atoms with Crippen LogP contribution in [0.3, 0.4) is 0 Å². The summed E-state index contributed by atoms with van der Waals surface area (Å²) in [6.45, 7) is 4.11. The van der Waals surface area contributed by atoms with Gasteiger partial charge in [-0.1, -0.05) is 18.1 Å². The summed E-state index contributed by atoms with van der Waals surface area (Å²) in [5.41, 5.74) is 0.639. The SMILES string of the molecule is O=C(CC1CCCC1)N1CCC2(CCC2n2cc(C(=O)N3CCOCC3)nn2)CC1. The van der Waals surface area contributed by atoms with Gasteiger partial charge in [0.05, 0.1) is 25.5 Å². The minimum atomic E-state index is -0.0507. The van der Waals surface area contributed by atoms with E-state index < -0.39 is 0 Å². The molecule has 5 rings (SSSR count). The average molecular weight is 416 g/mol. The van der Waals surface area contributed by atoms with Crippen molar-refractivity contribution in [1.82, 2.24) is 24.8 Å². The van der Waals surface area contributed by atoms with Gasteiger partial charge in [-0.25, -0.2) is 4.68 Å². The minimum absolute atomic E-state index is 0.0507. The maximum Gasteiger partial charge on any atom is 0.276 e. The summed E-state index contributed by atoms with van der Waals surface area (Å²) < 4.78 is 7.25. The number of carbonyl (C=O) groups excluding carboxylic acids is 2. The topological polar surface area (TPSA) is 80.6 Å². The van der Waals surface area contributed by atoms with E-state index in [9.17, 15) is 9.59 Å². The summed E-state index contributed by atoms with van der Waals surface area (Å²) in [5.74, 6) is 0.916. The van der Waals surface area contributed by atoms with Crippen LogP contribution in [0, 0.1) is 11.3 Å². The lowest BCUT2D eigenvalue weighted by molar-refractivity contribution is -0.137. The minimum Gasteiger partial charge on any atom is -0.378 e. The van der Waals surface area contributed by atoms with Gasteiger partial charge in [0.25, 0.3) is 5.91 Å². The Morgan fingerprint density at radius 2 is 1.73 bits per heavy atom. The van der Waals surface area contributed by atoms with Gasteiger partial charge in [0.2, 0.25) is 5.91 Å². The Morgan fingerprint density at radius 1 is 1.00 bits per heavy atom. The van der Waals surface area contributed by atoms with E-state index in [2.05, 4.69) is 15.2 Å². The van der Waals surface area contributed by atoms with Crippen LogP contribution in [0.15, 0.2) is 6.20 Å². The molecule has 8 heteroatoms. The van der Waals surface area contributed by atoms with Crippen molar-refractivity contribution in [3.8, 4) is 0 Å². The van der Waals surface area contributed by atoms with Crippen LogP contribution in [-0.2, 0) is 9.53 Å². The van der Waals surface area contributed by atoms with Crippen molar-refractivity contribution in [2.45, 2.75) is 63.8 Å². The molecule has 1 atom stereocenters. The molecule has 1 aromatic heterocycles. The molecule has 2 saturated carbocycles. The molecule has 4 fully saturated rings. The molecule has 0 aromatic carbocycles. The van der Waals surface area contributed by atoms with Crippen LogP contribution >= 0.6 is 0 Å². The Balaban J connectivity index is 1.18. The molecule has 0 bridgehead atoms. The number of morpholine rings is 1.